The molecule has 8 heteroatoms. The maximum Gasteiger partial charge on any atom is 0.267 e. The third-order valence-electron chi connectivity index (χ3n) is 4.72. The number of thioether (sulfide) groups is 1. The van der Waals surface area contributed by atoms with Crippen molar-refractivity contribution in [2.75, 3.05) is 0 Å². The molecule has 0 aliphatic heterocycles. The number of nitrogens with zero attached hydrogens (tertiary/aromatic N) is 3. The number of aryl methyl sites for hydroxylation is 1. The molecule has 0 fully saturated rings. The summed E-state index contributed by atoms with van der Waals surface area (Å²) in [6.07, 6.45) is 1.59. The zero-order chi connectivity index (χ0) is 22.1. The summed E-state index contributed by atoms with van der Waals surface area (Å²) in [4.78, 5) is 34.9. The highest BCUT2D eigenvalue weighted by molar-refractivity contribution is 8.00. The molecule has 0 N–H and O–H groups in total. The number of benzene rings is 2. The van der Waals surface area contributed by atoms with Crippen molar-refractivity contribution in [2.24, 2.45) is 0 Å². The summed E-state index contributed by atoms with van der Waals surface area (Å²) in [5.74, 6) is -1.85. The Balaban J connectivity index is 1.82. The molecule has 1 unspecified atom stereocenters. The molecule has 4 rings (SSSR count). The number of hydrogen-bond donors (Lipinski definition) is 0. The highest BCUT2D eigenvalue weighted by Gasteiger charge is 2.24. The second kappa shape index (κ2) is 8.39. The van der Waals surface area contributed by atoms with Crippen molar-refractivity contribution in [3.63, 3.8) is 0 Å². The smallest absolute Gasteiger partial charge is 0.267 e. The van der Waals surface area contributed by atoms with Crippen LogP contribution in [0.25, 0.3) is 16.7 Å². The van der Waals surface area contributed by atoms with Crippen molar-refractivity contribution in [1.82, 2.24) is 14.5 Å². The van der Waals surface area contributed by atoms with Gasteiger partial charge in [-0.15, -0.1) is 0 Å². The predicted octanol–water partition coefficient (Wildman–Crippen LogP) is 4.73. The third-order valence-corrected chi connectivity index (χ3v) is 5.78. The van der Waals surface area contributed by atoms with Gasteiger partial charge in [-0.25, -0.2) is 23.3 Å². The quantitative estimate of drug-likeness (QED) is 0.257. The molecule has 0 aliphatic carbocycles. The molecule has 1 atom stereocenters. The number of aromatic nitrogens is 3. The van der Waals surface area contributed by atoms with Crippen molar-refractivity contribution in [3.05, 3.63) is 93.9 Å². The van der Waals surface area contributed by atoms with Crippen LogP contribution < -0.4 is 5.56 Å². The first kappa shape index (κ1) is 20.9. The van der Waals surface area contributed by atoms with E-state index in [-0.39, 0.29) is 16.3 Å². The Morgan fingerprint density at radius 3 is 2.61 bits per heavy atom. The summed E-state index contributed by atoms with van der Waals surface area (Å²) in [6.45, 7) is 3.46. The molecule has 0 saturated carbocycles. The molecule has 31 heavy (non-hydrogen) atoms. The van der Waals surface area contributed by atoms with Gasteiger partial charge in [0, 0.05) is 12.3 Å². The molecule has 5 nitrogen and oxygen atoms in total. The number of pyridine rings is 1. The molecule has 2 heterocycles. The van der Waals surface area contributed by atoms with Gasteiger partial charge in [-0.3, -0.25) is 9.59 Å². The van der Waals surface area contributed by atoms with Crippen LogP contribution in [-0.4, -0.2) is 25.6 Å². The van der Waals surface area contributed by atoms with Crippen molar-refractivity contribution in [1.29, 1.82) is 0 Å². The molecule has 0 bridgehead atoms. The van der Waals surface area contributed by atoms with E-state index in [1.165, 1.54) is 4.57 Å². The van der Waals surface area contributed by atoms with Crippen LogP contribution in [0.3, 0.4) is 0 Å². The van der Waals surface area contributed by atoms with Gasteiger partial charge in [-0.1, -0.05) is 23.9 Å². The van der Waals surface area contributed by atoms with Crippen LogP contribution >= 0.6 is 11.8 Å². The van der Waals surface area contributed by atoms with Gasteiger partial charge in [0.15, 0.2) is 10.9 Å². The van der Waals surface area contributed by atoms with Crippen LogP contribution in [0.5, 0.6) is 0 Å². The molecule has 156 valence electrons. The number of hydrogen-bond acceptors (Lipinski definition) is 5. The van der Waals surface area contributed by atoms with Crippen LogP contribution in [0.15, 0.2) is 70.7 Å². The fourth-order valence-corrected chi connectivity index (χ4v) is 4.14. The molecular weight excluding hydrogens is 420 g/mol. The van der Waals surface area contributed by atoms with E-state index in [2.05, 4.69) is 9.97 Å². The monoisotopic (exact) mass is 437 g/mol. The standard InChI is InChI=1S/C23H17F2N3O2S/c1-13-9-10-26-20(11-13)28-22(30)17-5-3-4-6-19(17)27-23(28)31-14(2)21(29)16-8-7-15(24)12-18(16)25/h3-12,14H,1-2H3. The van der Waals surface area contributed by atoms with Gasteiger partial charge < -0.3 is 0 Å². The van der Waals surface area contributed by atoms with E-state index < -0.39 is 22.7 Å². The van der Waals surface area contributed by atoms with Crippen LogP contribution in [0.1, 0.15) is 22.8 Å². The van der Waals surface area contributed by atoms with E-state index in [0.29, 0.717) is 22.8 Å². The first-order valence-electron chi connectivity index (χ1n) is 9.46. The molecule has 0 spiro atoms. The number of fused-ring (bicyclic) bond motifs is 1. The highest BCUT2D eigenvalue weighted by atomic mass is 32.2. The molecule has 0 saturated heterocycles. The predicted molar refractivity (Wildman–Crippen MR) is 116 cm³/mol. The van der Waals surface area contributed by atoms with Crippen LogP contribution in [0, 0.1) is 18.6 Å². The number of Topliss-reactive ketones (excluding diaryl/α,β-unsaturated/α-hetero) is 1. The Hall–Kier alpha value is -3.39. The minimum absolute atomic E-state index is 0.218. The lowest BCUT2D eigenvalue weighted by atomic mass is 10.1. The minimum atomic E-state index is -0.929. The van der Waals surface area contributed by atoms with E-state index in [1.54, 1.807) is 49.5 Å². The van der Waals surface area contributed by atoms with Gasteiger partial charge in [0.05, 0.1) is 21.7 Å². The number of carbonyl (C=O) groups excluding carboxylic acids is 1. The van der Waals surface area contributed by atoms with Gasteiger partial charge in [0.1, 0.15) is 17.5 Å². The summed E-state index contributed by atoms with van der Waals surface area (Å²) in [7, 11) is 0. The average molecular weight is 437 g/mol. The van der Waals surface area contributed by atoms with E-state index in [9.17, 15) is 18.4 Å². The second-order valence-electron chi connectivity index (χ2n) is 6.99. The molecule has 2 aromatic heterocycles. The van der Waals surface area contributed by atoms with E-state index in [4.69, 9.17) is 0 Å². The normalized spacial score (nSPS) is 12.1. The van der Waals surface area contributed by atoms with Crippen molar-refractivity contribution in [3.8, 4) is 5.82 Å². The van der Waals surface area contributed by atoms with Crippen molar-refractivity contribution < 1.29 is 13.6 Å². The SMILES string of the molecule is Cc1ccnc(-n2c(SC(C)C(=O)c3ccc(F)cc3F)nc3ccccc3c2=O)c1. The maximum atomic E-state index is 14.1. The minimum Gasteiger partial charge on any atom is -0.293 e. The number of carbonyl (C=O) groups is 1. The Morgan fingerprint density at radius 2 is 1.87 bits per heavy atom. The number of rotatable bonds is 5. The highest BCUT2D eigenvalue weighted by Crippen LogP contribution is 2.27. The number of ketones is 1. The van der Waals surface area contributed by atoms with Gasteiger partial charge in [0.2, 0.25) is 0 Å². The van der Waals surface area contributed by atoms with Crippen LogP contribution in [0.2, 0.25) is 0 Å². The lowest BCUT2D eigenvalue weighted by molar-refractivity contribution is 0.0990. The molecule has 0 radical (unpaired) electrons. The first-order valence-corrected chi connectivity index (χ1v) is 10.3. The topological polar surface area (TPSA) is 64.8 Å². The zero-order valence-electron chi connectivity index (χ0n) is 16.7. The van der Waals surface area contributed by atoms with Gasteiger partial charge >= 0.3 is 0 Å². The van der Waals surface area contributed by atoms with E-state index >= 15 is 0 Å². The molecule has 0 amide bonds. The largest absolute Gasteiger partial charge is 0.293 e. The first-order chi connectivity index (χ1) is 14.8. The third kappa shape index (κ3) is 4.11. The Kier molecular flexibility index (Phi) is 5.65. The van der Waals surface area contributed by atoms with Crippen LogP contribution in [0.4, 0.5) is 8.78 Å². The van der Waals surface area contributed by atoms with Crippen molar-refractivity contribution in [2.45, 2.75) is 24.3 Å². The van der Waals surface area contributed by atoms with Gasteiger partial charge in [0.25, 0.3) is 5.56 Å². The molecule has 0 aliphatic rings. The fourth-order valence-electron chi connectivity index (χ4n) is 3.16. The second-order valence-corrected chi connectivity index (χ2v) is 8.30. The molecular formula is C23H17F2N3O2S. The average Bonchev–Trinajstić information content (AvgIpc) is 2.73. The summed E-state index contributed by atoms with van der Waals surface area (Å²) in [6, 6.07) is 13.3. The maximum absolute atomic E-state index is 14.1. The molecule has 2 aromatic carbocycles. The van der Waals surface area contributed by atoms with Gasteiger partial charge in [-0.05, 0) is 55.8 Å². The van der Waals surface area contributed by atoms with Crippen LogP contribution in [-0.2, 0) is 0 Å². The lowest BCUT2D eigenvalue weighted by Crippen LogP contribution is -2.24. The molecule has 4 aromatic rings. The van der Waals surface area contributed by atoms with Gasteiger partial charge in [-0.2, -0.15) is 0 Å². The lowest BCUT2D eigenvalue weighted by Gasteiger charge is -2.16. The number of halogens is 2. The number of para-hydroxylation sites is 1. The van der Waals surface area contributed by atoms with Crippen molar-refractivity contribution >= 4 is 28.4 Å². The van der Waals surface area contributed by atoms with E-state index in [1.807, 2.05) is 6.92 Å². The zero-order valence-corrected chi connectivity index (χ0v) is 17.5. The Labute approximate surface area is 180 Å². The fraction of sp³-hybridized carbons (Fsp3) is 0.130. The summed E-state index contributed by atoms with van der Waals surface area (Å²) >= 11 is 1.02. The summed E-state index contributed by atoms with van der Waals surface area (Å²) in [5, 5.41) is -0.118. The summed E-state index contributed by atoms with van der Waals surface area (Å²) < 4.78 is 28.7. The Bertz CT molecular complexity index is 1370. The van der Waals surface area contributed by atoms with E-state index in [0.717, 1.165) is 29.5 Å². The summed E-state index contributed by atoms with van der Waals surface area (Å²) in [5.41, 5.74) is 0.841. The Morgan fingerprint density at radius 1 is 1.10 bits per heavy atom.